The average Bonchev–Trinajstić information content (AvgIpc) is 3.19. The maximum absolute atomic E-state index is 5.63. The summed E-state index contributed by atoms with van der Waals surface area (Å²) in [4.78, 5) is 6.45. The van der Waals surface area contributed by atoms with Crippen LogP contribution in [0.3, 0.4) is 0 Å². The van der Waals surface area contributed by atoms with Gasteiger partial charge in [0.05, 0.1) is 7.11 Å². The van der Waals surface area contributed by atoms with Gasteiger partial charge in [-0.1, -0.05) is 58.4 Å². The fourth-order valence-electron chi connectivity index (χ4n) is 6.25. The lowest BCUT2D eigenvalue weighted by molar-refractivity contribution is 0.0765. The van der Waals surface area contributed by atoms with Gasteiger partial charge in [-0.05, 0) is 78.7 Å². The number of fused-ring (bicyclic) bond motifs is 4. The summed E-state index contributed by atoms with van der Waals surface area (Å²) < 4.78 is 6.78. The van der Waals surface area contributed by atoms with Crippen molar-refractivity contribution < 1.29 is 4.74 Å². The Balaban J connectivity index is 1.41. The van der Waals surface area contributed by atoms with E-state index in [9.17, 15) is 0 Å². The first-order valence-electron chi connectivity index (χ1n) is 11.8. The SMILES string of the molecule is COc1cccc([C@@]23CCN(Cc4ccccc4)CC2Cc2c([nH]c4ccc(Br)cc24)C3)c1. The number of nitrogens with one attached hydrogen (secondary N) is 1. The molecular weight excluding hydrogens is 472 g/mol. The maximum atomic E-state index is 5.63. The van der Waals surface area contributed by atoms with E-state index >= 15 is 0 Å². The van der Waals surface area contributed by atoms with Crippen LogP contribution in [0, 0.1) is 5.92 Å². The van der Waals surface area contributed by atoms with Gasteiger partial charge in [0, 0.05) is 39.6 Å². The molecule has 0 bridgehead atoms. The molecule has 1 aliphatic carbocycles. The van der Waals surface area contributed by atoms with E-state index in [-0.39, 0.29) is 5.41 Å². The quantitative estimate of drug-likeness (QED) is 0.346. The van der Waals surface area contributed by atoms with Gasteiger partial charge in [0.1, 0.15) is 5.75 Å². The van der Waals surface area contributed by atoms with Crippen LogP contribution in [0.2, 0.25) is 0 Å². The monoisotopic (exact) mass is 500 g/mol. The molecule has 3 nitrogen and oxygen atoms in total. The number of hydrogen-bond donors (Lipinski definition) is 1. The van der Waals surface area contributed by atoms with Crippen molar-refractivity contribution >= 4 is 26.8 Å². The molecule has 1 saturated heterocycles. The molecule has 33 heavy (non-hydrogen) atoms. The molecular formula is C29H29BrN2O. The zero-order valence-electron chi connectivity index (χ0n) is 19.0. The van der Waals surface area contributed by atoms with Gasteiger partial charge >= 0.3 is 0 Å². The standard InChI is InChI=1S/C29H29BrN2O/c1-33-24-9-5-8-21(14-24)29-12-13-32(18-20-6-3-2-4-7-20)19-22(29)15-25-26-16-23(30)10-11-27(26)31-28(25)17-29/h2-11,14,16,22,31H,12-13,15,17-19H2,1H3/t22?,29-/m0/s1. The molecule has 1 N–H and O–H groups in total. The number of nitrogens with zero attached hydrogens (tertiary/aromatic N) is 1. The number of rotatable bonds is 4. The lowest BCUT2D eigenvalue weighted by Crippen LogP contribution is -2.53. The Morgan fingerprint density at radius 1 is 1.06 bits per heavy atom. The molecule has 1 aliphatic heterocycles. The molecule has 2 aliphatic rings. The predicted octanol–water partition coefficient (Wildman–Crippen LogP) is 6.50. The predicted molar refractivity (Wildman–Crippen MR) is 138 cm³/mol. The Bertz CT molecular complexity index is 1300. The van der Waals surface area contributed by atoms with Crippen molar-refractivity contribution in [3.05, 3.63) is 99.7 Å². The lowest BCUT2D eigenvalue weighted by Gasteiger charge is -2.51. The zero-order chi connectivity index (χ0) is 22.4. The molecule has 1 aromatic heterocycles. The van der Waals surface area contributed by atoms with Crippen molar-refractivity contribution in [3.63, 3.8) is 0 Å². The van der Waals surface area contributed by atoms with Gasteiger partial charge in [0.15, 0.2) is 0 Å². The van der Waals surface area contributed by atoms with E-state index in [2.05, 4.69) is 98.6 Å². The molecule has 168 valence electrons. The van der Waals surface area contributed by atoms with E-state index in [0.29, 0.717) is 5.92 Å². The lowest BCUT2D eigenvalue weighted by atomic mass is 9.58. The summed E-state index contributed by atoms with van der Waals surface area (Å²) in [6.45, 7) is 3.26. The summed E-state index contributed by atoms with van der Waals surface area (Å²) in [5, 5.41) is 1.37. The van der Waals surface area contributed by atoms with Crippen LogP contribution in [-0.4, -0.2) is 30.1 Å². The Morgan fingerprint density at radius 2 is 1.94 bits per heavy atom. The van der Waals surface area contributed by atoms with Gasteiger partial charge in [-0.25, -0.2) is 0 Å². The number of aromatic amines is 1. The topological polar surface area (TPSA) is 28.3 Å². The number of H-pyrrole nitrogens is 1. The summed E-state index contributed by atoms with van der Waals surface area (Å²) in [5.74, 6) is 1.52. The summed E-state index contributed by atoms with van der Waals surface area (Å²) in [6.07, 6.45) is 3.33. The van der Waals surface area contributed by atoms with Gasteiger partial charge in [-0.15, -0.1) is 0 Å². The van der Waals surface area contributed by atoms with Crippen LogP contribution < -0.4 is 4.74 Å². The minimum absolute atomic E-state index is 0.132. The number of halogens is 1. The molecule has 1 unspecified atom stereocenters. The minimum Gasteiger partial charge on any atom is -0.497 e. The molecule has 0 saturated carbocycles. The number of aromatic nitrogens is 1. The van der Waals surface area contributed by atoms with Crippen LogP contribution >= 0.6 is 15.9 Å². The van der Waals surface area contributed by atoms with Crippen LogP contribution in [0.4, 0.5) is 0 Å². The third-order valence-corrected chi connectivity index (χ3v) is 8.42. The van der Waals surface area contributed by atoms with E-state index in [0.717, 1.165) is 49.1 Å². The number of hydrogen-bond acceptors (Lipinski definition) is 2. The minimum atomic E-state index is 0.132. The molecule has 4 heteroatoms. The molecule has 0 spiro atoms. The molecule has 4 aromatic rings. The third-order valence-electron chi connectivity index (χ3n) is 7.93. The van der Waals surface area contributed by atoms with Crippen LogP contribution in [0.5, 0.6) is 5.75 Å². The highest BCUT2D eigenvalue weighted by molar-refractivity contribution is 9.10. The number of likely N-dealkylation sites (tertiary alicyclic amines) is 1. The van der Waals surface area contributed by atoms with Gasteiger partial charge in [-0.3, -0.25) is 4.90 Å². The maximum Gasteiger partial charge on any atom is 0.119 e. The number of methoxy groups -OCH3 is 1. The Morgan fingerprint density at radius 3 is 2.79 bits per heavy atom. The first kappa shape index (κ1) is 21.0. The zero-order valence-corrected chi connectivity index (χ0v) is 20.6. The Kier molecular flexibility index (Phi) is 5.31. The second-order valence-electron chi connectivity index (χ2n) is 9.71. The smallest absolute Gasteiger partial charge is 0.119 e. The Hall–Kier alpha value is -2.56. The van der Waals surface area contributed by atoms with Gasteiger partial charge in [0.2, 0.25) is 0 Å². The highest BCUT2D eigenvalue weighted by Gasteiger charge is 2.48. The third kappa shape index (κ3) is 3.70. The summed E-state index contributed by atoms with van der Waals surface area (Å²) in [7, 11) is 1.77. The van der Waals surface area contributed by atoms with Crippen molar-refractivity contribution in [3.8, 4) is 5.75 Å². The summed E-state index contributed by atoms with van der Waals surface area (Å²) in [5.41, 5.74) is 7.14. The highest BCUT2D eigenvalue weighted by atomic mass is 79.9. The van der Waals surface area contributed by atoms with E-state index in [4.69, 9.17) is 4.74 Å². The fourth-order valence-corrected chi connectivity index (χ4v) is 6.61. The average molecular weight is 501 g/mol. The van der Waals surface area contributed by atoms with Crippen LogP contribution in [-0.2, 0) is 24.8 Å². The van der Waals surface area contributed by atoms with Gasteiger partial charge < -0.3 is 9.72 Å². The molecule has 2 atom stereocenters. The van der Waals surface area contributed by atoms with Crippen LogP contribution in [0.1, 0.15) is 28.8 Å². The Labute approximate surface area is 203 Å². The summed E-state index contributed by atoms with van der Waals surface area (Å²) >= 11 is 3.69. The van der Waals surface area contributed by atoms with Crippen molar-refractivity contribution in [1.82, 2.24) is 9.88 Å². The van der Waals surface area contributed by atoms with Crippen molar-refractivity contribution in [2.75, 3.05) is 20.2 Å². The fraction of sp³-hybridized carbons (Fsp3) is 0.310. The van der Waals surface area contributed by atoms with Gasteiger partial charge in [0.25, 0.3) is 0 Å². The first-order valence-corrected chi connectivity index (χ1v) is 12.6. The second kappa shape index (κ2) is 8.34. The van der Waals surface area contributed by atoms with Crippen molar-refractivity contribution in [2.45, 2.75) is 31.2 Å². The van der Waals surface area contributed by atoms with Crippen molar-refractivity contribution in [1.29, 1.82) is 0 Å². The van der Waals surface area contributed by atoms with E-state index in [1.54, 1.807) is 7.11 Å². The van der Waals surface area contributed by atoms with E-state index < -0.39 is 0 Å². The first-order chi connectivity index (χ1) is 16.1. The highest BCUT2D eigenvalue weighted by Crippen LogP contribution is 2.49. The number of ether oxygens (including phenoxy) is 1. The molecule has 1 fully saturated rings. The molecule has 0 radical (unpaired) electrons. The normalized spacial score (nSPS) is 22.7. The van der Waals surface area contributed by atoms with E-state index in [1.165, 1.54) is 33.3 Å². The van der Waals surface area contributed by atoms with E-state index in [1.807, 2.05) is 0 Å². The molecule has 2 heterocycles. The summed E-state index contributed by atoms with van der Waals surface area (Å²) in [6, 6.07) is 26.4. The van der Waals surface area contributed by atoms with Crippen molar-refractivity contribution in [2.24, 2.45) is 5.92 Å². The van der Waals surface area contributed by atoms with Crippen LogP contribution in [0.25, 0.3) is 10.9 Å². The number of benzene rings is 3. The van der Waals surface area contributed by atoms with Gasteiger partial charge in [-0.2, -0.15) is 0 Å². The van der Waals surface area contributed by atoms with Crippen LogP contribution in [0.15, 0.2) is 77.3 Å². The molecule has 0 amide bonds. The molecule has 3 aromatic carbocycles. The second-order valence-corrected chi connectivity index (χ2v) is 10.6. The largest absolute Gasteiger partial charge is 0.497 e. The molecule has 6 rings (SSSR count). The number of piperidine rings is 1.